The van der Waals surface area contributed by atoms with Gasteiger partial charge < -0.3 is 9.64 Å². The largest absolute Gasteiger partial charge is 0.383 e. The monoisotopic (exact) mass is 243 g/mol. The molecule has 0 aliphatic heterocycles. The van der Waals surface area contributed by atoms with Crippen molar-refractivity contribution in [2.45, 2.75) is 5.38 Å². The summed E-state index contributed by atoms with van der Waals surface area (Å²) in [5.74, 6) is -0.128. The van der Waals surface area contributed by atoms with Crippen molar-refractivity contribution in [3.63, 3.8) is 0 Å². The predicted molar refractivity (Wildman–Crippen MR) is 60.5 cm³/mol. The van der Waals surface area contributed by atoms with Gasteiger partial charge in [-0.15, -0.1) is 11.6 Å². The van der Waals surface area contributed by atoms with E-state index in [0.29, 0.717) is 18.7 Å². The number of aromatic nitrogens is 2. The summed E-state index contributed by atoms with van der Waals surface area (Å²) in [6.45, 7) is 0.838. The molecule has 1 atom stereocenters. The SMILES string of the molecule is COCC(Cl)CN(C)C(=O)c1ccnnc1. The van der Waals surface area contributed by atoms with Crippen LogP contribution in [-0.4, -0.2) is 53.7 Å². The molecular weight excluding hydrogens is 230 g/mol. The molecule has 0 fully saturated rings. The van der Waals surface area contributed by atoms with Crippen molar-refractivity contribution in [1.29, 1.82) is 0 Å². The fraction of sp³-hybridized carbons (Fsp3) is 0.500. The van der Waals surface area contributed by atoms with Crippen LogP contribution in [0, 0.1) is 0 Å². The molecule has 1 unspecified atom stereocenters. The molecule has 88 valence electrons. The molecular formula is C10H14ClN3O2. The van der Waals surface area contributed by atoms with Crippen LogP contribution in [0.15, 0.2) is 18.5 Å². The van der Waals surface area contributed by atoms with Crippen LogP contribution < -0.4 is 0 Å². The molecule has 0 aliphatic rings. The number of hydrogen-bond donors (Lipinski definition) is 0. The number of halogens is 1. The minimum absolute atomic E-state index is 0.128. The van der Waals surface area contributed by atoms with Crippen LogP contribution in [-0.2, 0) is 4.74 Å². The van der Waals surface area contributed by atoms with Crippen LogP contribution in [0.4, 0.5) is 0 Å². The quantitative estimate of drug-likeness (QED) is 0.718. The zero-order chi connectivity index (χ0) is 12.0. The molecule has 1 aromatic heterocycles. The van der Waals surface area contributed by atoms with Crippen LogP contribution in [0.25, 0.3) is 0 Å². The average Bonchev–Trinajstić information content (AvgIpc) is 2.29. The van der Waals surface area contributed by atoms with Gasteiger partial charge in [-0.3, -0.25) is 4.79 Å². The zero-order valence-corrected chi connectivity index (χ0v) is 10.0. The van der Waals surface area contributed by atoms with E-state index in [9.17, 15) is 4.79 Å². The first kappa shape index (κ1) is 12.9. The third-order valence-electron chi connectivity index (χ3n) is 2.00. The number of hydrogen-bond acceptors (Lipinski definition) is 4. The normalized spacial score (nSPS) is 12.2. The highest BCUT2D eigenvalue weighted by Crippen LogP contribution is 2.04. The number of carbonyl (C=O) groups excluding carboxylic acids is 1. The maximum atomic E-state index is 11.8. The first-order chi connectivity index (χ1) is 7.65. The number of amides is 1. The molecule has 1 amide bonds. The second-order valence-electron chi connectivity index (χ2n) is 3.37. The molecule has 5 nitrogen and oxygen atoms in total. The zero-order valence-electron chi connectivity index (χ0n) is 9.26. The Hall–Kier alpha value is -1.20. The van der Waals surface area contributed by atoms with Gasteiger partial charge in [0.2, 0.25) is 0 Å². The van der Waals surface area contributed by atoms with E-state index >= 15 is 0 Å². The summed E-state index contributed by atoms with van der Waals surface area (Å²) in [4.78, 5) is 13.4. The van der Waals surface area contributed by atoms with Crippen LogP contribution in [0.1, 0.15) is 10.4 Å². The summed E-state index contributed by atoms with van der Waals surface area (Å²) in [6, 6.07) is 1.62. The van der Waals surface area contributed by atoms with E-state index in [4.69, 9.17) is 16.3 Å². The minimum atomic E-state index is -0.214. The fourth-order valence-electron chi connectivity index (χ4n) is 1.25. The number of carbonyl (C=O) groups is 1. The first-order valence-corrected chi connectivity index (χ1v) is 5.24. The van der Waals surface area contributed by atoms with Gasteiger partial charge in [-0.2, -0.15) is 10.2 Å². The third-order valence-corrected chi connectivity index (χ3v) is 2.26. The van der Waals surface area contributed by atoms with Crippen molar-refractivity contribution in [1.82, 2.24) is 15.1 Å². The van der Waals surface area contributed by atoms with E-state index in [2.05, 4.69) is 10.2 Å². The molecule has 16 heavy (non-hydrogen) atoms. The van der Waals surface area contributed by atoms with Crippen molar-refractivity contribution >= 4 is 17.5 Å². The molecule has 0 bridgehead atoms. The van der Waals surface area contributed by atoms with Crippen molar-refractivity contribution in [2.24, 2.45) is 0 Å². The third kappa shape index (κ3) is 3.75. The number of alkyl halides is 1. The van der Waals surface area contributed by atoms with Gasteiger partial charge in [0.05, 0.1) is 29.9 Å². The van der Waals surface area contributed by atoms with E-state index in [1.54, 1.807) is 20.2 Å². The van der Waals surface area contributed by atoms with Gasteiger partial charge in [0, 0.05) is 20.7 Å². The Kier molecular flexibility index (Phi) is 5.14. The van der Waals surface area contributed by atoms with E-state index in [1.165, 1.54) is 17.3 Å². The number of rotatable bonds is 5. The molecule has 6 heteroatoms. The predicted octanol–water partition coefficient (Wildman–Crippen LogP) is 0.802. The Morgan fingerprint density at radius 1 is 1.62 bits per heavy atom. The van der Waals surface area contributed by atoms with Crippen LogP contribution >= 0.6 is 11.6 Å². The molecule has 1 aromatic rings. The van der Waals surface area contributed by atoms with E-state index in [0.717, 1.165) is 0 Å². The Bertz CT molecular complexity index is 334. The second kappa shape index (κ2) is 6.40. The Morgan fingerprint density at radius 2 is 2.38 bits per heavy atom. The summed E-state index contributed by atoms with van der Waals surface area (Å²) >= 11 is 5.96. The Balaban J connectivity index is 2.55. The number of methoxy groups -OCH3 is 1. The molecule has 0 aliphatic carbocycles. The summed E-state index contributed by atoms with van der Waals surface area (Å²) in [6.07, 6.45) is 2.91. The lowest BCUT2D eigenvalue weighted by molar-refractivity contribution is 0.0781. The maximum Gasteiger partial charge on any atom is 0.255 e. The molecule has 0 aromatic carbocycles. The van der Waals surface area contributed by atoms with E-state index in [1.807, 2.05) is 0 Å². The topological polar surface area (TPSA) is 55.3 Å². The average molecular weight is 244 g/mol. The van der Waals surface area contributed by atoms with Gasteiger partial charge in [0.15, 0.2) is 0 Å². The van der Waals surface area contributed by atoms with Crippen LogP contribution in [0.2, 0.25) is 0 Å². The maximum absolute atomic E-state index is 11.8. The van der Waals surface area contributed by atoms with Crippen molar-refractivity contribution in [3.05, 3.63) is 24.0 Å². The highest BCUT2D eigenvalue weighted by molar-refractivity contribution is 6.21. The summed E-state index contributed by atoms with van der Waals surface area (Å²) in [5.41, 5.74) is 0.499. The van der Waals surface area contributed by atoms with Crippen molar-refractivity contribution < 1.29 is 9.53 Å². The summed E-state index contributed by atoms with van der Waals surface area (Å²) in [5, 5.41) is 7.05. The smallest absolute Gasteiger partial charge is 0.255 e. The molecule has 0 spiro atoms. The number of ether oxygens (including phenoxy) is 1. The minimum Gasteiger partial charge on any atom is -0.383 e. The standard InChI is InChI=1S/C10H14ClN3O2/c1-14(6-9(11)7-16-2)10(15)8-3-4-12-13-5-8/h3-5,9H,6-7H2,1-2H3. The molecule has 0 N–H and O–H groups in total. The van der Waals surface area contributed by atoms with E-state index < -0.39 is 0 Å². The van der Waals surface area contributed by atoms with Crippen molar-refractivity contribution in [3.8, 4) is 0 Å². The van der Waals surface area contributed by atoms with Gasteiger partial charge in [0.25, 0.3) is 5.91 Å². The fourth-order valence-corrected chi connectivity index (χ4v) is 1.58. The lowest BCUT2D eigenvalue weighted by Crippen LogP contribution is -2.34. The second-order valence-corrected chi connectivity index (χ2v) is 3.99. The van der Waals surface area contributed by atoms with Gasteiger partial charge >= 0.3 is 0 Å². The van der Waals surface area contributed by atoms with Crippen molar-refractivity contribution in [2.75, 3.05) is 27.3 Å². The Morgan fingerprint density at radius 3 is 2.94 bits per heavy atom. The summed E-state index contributed by atoms with van der Waals surface area (Å²) in [7, 11) is 3.26. The molecule has 0 radical (unpaired) electrons. The highest BCUT2D eigenvalue weighted by Gasteiger charge is 2.15. The lowest BCUT2D eigenvalue weighted by atomic mass is 10.2. The Labute approximate surface area is 99.4 Å². The summed E-state index contributed by atoms with van der Waals surface area (Å²) < 4.78 is 4.90. The van der Waals surface area contributed by atoms with E-state index in [-0.39, 0.29) is 11.3 Å². The molecule has 0 saturated heterocycles. The van der Waals surface area contributed by atoms with Gasteiger partial charge in [-0.25, -0.2) is 0 Å². The lowest BCUT2D eigenvalue weighted by Gasteiger charge is -2.19. The highest BCUT2D eigenvalue weighted by atomic mass is 35.5. The van der Waals surface area contributed by atoms with Crippen LogP contribution in [0.5, 0.6) is 0 Å². The van der Waals surface area contributed by atoms with Gasteiger partial charge in [-0.1, -0.05) is 0 Å². The number of nitrogens with zero attached hydrogens (tertiary/aromatic N) is 3. The van der Waals surface area contributed by atoms with Gasteiger partial charge in [-0.05, 0) is 6.07 Å². The molecule has 1 heterocycles. The molecule has 1 rings (SSSR count). The van der Waals surface area contributed by atoms with Crippen LogP contribution in [0.3, 0.4) is 0 Å². The van der Waals surface area contributed by atoms with Gasteiger partial charge in [0.1, 0.15) is 0 Å². The molecule has 0 saturated carbocycles. The first-order valence-electron chi connectivity index (χ1n) is 4.80.